The van der Waals surface area contributed by atoms with Crippen LogP contribution in [0, 0.1) is 0 Å². The molecular formula is C12H17ClO. The molecule has 1 nitrogen and oxygen atoms in total. The average molecular weight is 213 g/mol. The fourth-order valence-corrected chi connectivity index (χ4v) is 1.66. The number of alkyl halides is 1. The first-order valence-electron chi connectivity index (χ1n) is 4.91. The Hall–Kier alpha value is -0.690. The van der Waals surface area contributed by atoms with Crippen LogP contribution in [0.5, 0.6) is 5.75 Å². The van der Waals surface area contributed by atoms with Crippen molar-refractivity contribution in [2.75, 3.05) is 13.0 Å². The molecule has 0 radical (unpaired) electrons. The van der Waals surface area contributed by atoms with Gasteiger partial charge in [0.1, 0.15) is 5.75 Å². The second kappa shape index (κ2) is 5.26. The molecule has 0 atom stereocenters. The van der Waals surface area contributed by atoms with Crippen molar-refractivity contribution in [3.8, 4) is 5.75 Å². The Morgan fingerprint density at radius 2 is 2.07 bits per heavy atom. The van der Waals surface area contributed by atoms with Crippen LogP contribution in [0.25, 0.3) is 0 Å². The summed E-state index contributed by atoms with van der Waals surface area (Å²) in [6.45, 7) is 4.37. The Bertz CT molecular complexity index is 294. The molecule has 2 heteroatoms. The van der Waals surface area contributed by atoms with E-state index < -0.39 is 0 Å². The van der Waals surface area contributed by atoms with Crippen molar-refractivity contribution < 1.29 is 4.74 Å². The van der Waals surface area contributed by atoms with Crippen molar-refractivity contribution in [3.05, 3.63) is 29.3 Å². The highest BCUT2D eigenvalue weighted by Crippen LogP contribution is 2.24. The SMILES string of the molecule is COc1ccc(C(C)C)cc1CCCl. The van der Waals surface area contributed by atoms with Gasteiger partial charge in [-0.1, -0.05) is 26.0 Å². The van der Waals surface area contributed by atoms with Crippen molar-refractivity contribution in [1.29, 1.82) is 0 Å². The summed E-state index contributed by atoms with van der Waals surface area (Å²) >= 11 is 5.74. The van der Waals surface area contributed by atoms with Crippen LogP contribution in [-0.2, 0) is 6.42 Å². The van der Waals surface area contributed by atoms with Crippen LogP contribution in [-0.4, -0.2) is 13.0 Å². The molecule has 14 heavy (non-hydrogen) atoms. The smallest absolute Gasteiger partial charge is 0.122 e. The summed E-state index contributed by atoms with van der Waals surface area (Å²) in [5.41, 5.74) is 2.54. The lowest BCUT2D eigenvalue weighted by molar-refractivity contribution is 0.410. The van der Waals surface area contributed by atoms with E-state index >= 15 is 0 Å². The van der Waals surface area contributed by atoms with Gasteiger partial charge in [-0.25, -0.2) is 0 Å². The van der Waals surface area contributed by atoms with Crippen molar-refractivity contribution in [2.24, 2.45) is 0 Å². The molecule has 0 amide bonds. The molecule has 0 aliphatic carbocycles. The molecule has 78 valence electrons. The van der Waals surface area contributed by atoms with Crippen LogP contribution in [0.1, 0.15) is 30.9 Å². The summed E-state index contributed by atoms with van der Waals surface area (Å²) in [5, 5.41) is 0. The van der Waals surface area contributed by atoms with E-state index in [0.29, 0.717) is 11.8 Å². The third-order valence-electron chi connectivity index (χ3n) is 2.33. The van der Waals surface area contributed by atoms with Gasteiger partial charge in [0, 0.05) is 5.88 Å². The van der Waals surface area contributed by atoms with E-state index in [1.165, 1.54) is 11.1 Å². The minimum absolute atomic E-state index is 0.551. The molecule has 0 heterocycles. The quantitative estimate of drug-likeness (QED) is 0.693. The van der Waals surface area contributed by atoms with E-state index in [-0.39, 0.29) is 0 Å². The second-order valence-corrected chi connectivity index (χ2v) is 4.04. The maximum atomic E-state index is 5.74. The van der Waals surface area contributed by atoms with Gasteiger partial charge in [-0.2, -0.15) is 0 Å². The Balaban J connectivity index is 3.01. The predicted octanol–water partition coefficient (Wildman–Crippen LogP) is 3.60. The first kappa shape index (κ1) is 11.4. The molecule has 0 aromatic heterocycles. The summed E-state index contributed by atoms with van der Waals surface area (Å²) in [6, 6.07) is 6.32. The molecule has 0 aliphatic heterocycles. The van der Waals surface area contributed by atoms with Gasteiger partial charge >= 0.3 is 0 Å². The Morgan fingerprint density at radius 3 is 2.57 bits per heavy atom. The predicted molar refractivity (Wildman–Crippen MR) is 61.5 cm³/mol. The number of ether oxygens (including phenoxy) is 1. The summed E-state index contributed by atoms with van der Waals surface area (Å²) in [5.74, 6) is 2.13. The Labute approximate surface area is 91.0 Å². The maximum absolute atomic E-state index is 5.74. The summed E-state index contributed by atoms with van der Waals surface area (Å²) in [7, 11) is 1.70. The minimum atomic E-state index is 0.551. The topological polar surface area (TPSA) is 9.23 Å². The van der Waals surface area contributed by atoms with Gasteiger partial charge in [0.25, 0.3) is 0 Å². The largest absolute Gasteiger partial charge is 0.496 e. The minimum Gasteiger partial charge on any atom is -0.496 e. The van der Waals surface area contributed by atoms with E-state index in [1.807, 2.05) is 6.07 Å². The molecule has 1 aromatic carbocycles. The number of hydrogen-bond donors (Lipinski definition) is 0. The molecule has 0 bridgehead atoms. The molecule has 0 saturated carbocycles. The van der Waals surface area contributed by atoms with Gasteiger partial charge in [0.05, 0.1) is 7.11 Å². The fraction of sp³-hybridized carbons (Fsp3) is 0.500. The van der Waals surface area contributed by atoms with Crippen molar-refractivity contribution in [3.63, 3.8) is 0 Å². The van der Waals surface area contributed by atoms with E-state index in [2.05, 4.69) is 26.0 Å². The van der Waals surface area contributed by atoms with Crippen LogP contribution >= 0.6 is 11.6 Å². The lowest BCUT2D eigenvalue weighted by atomic mass is 9.99. The molecule has 0 N–H and O–H groups in total. The van der Waals surface area contributed by atoms with Gasteiger partial charge in [0.15, 0.2) is 0 Å². The third kappa shape index (κ3) is 2.65. The second-order valence-electron chi connectivity index (χ2n) is 3.66. The first-order chi connectivity index (χ1) is 6.69. The van der Waals surface area contributed by atoms with Crippen molar-refractivity contribution >= 4 is 11.6 Å². The molecule has 1 rings (SSSR count). The molecule has 0 fully saturated rings. The van der Waals surface area contributed by atoms with Gasteiger partial charge in [-0.3, -0.25) is 0 Å². The van der Waals surface area contributed by atoms with E-state index in [1.54, 1.807) is 7.11 Å². The van der Waals surface area contributed by atoms with E-state index in [0.717, 1.165) is 12.2 Å². The number of halogens is 1. The fourth-order valence-electron chi connectivity index (χ4n) is 1.45. The molecule has 0 spiro atoms. The number of hydrogen-bond acceptors (Lipinski definition) is 1. The van der Waals surface area contributed by atoms with Gasteiger partial charge in [-0.15, -0.1) is 11.6 Å². The third-order valence-corrected chi connectivity index (χ3v) is 2.52. The molecule has 0 aliphatic rings. The number of methoxy groups -OCH3 is 1. The van der Waals surface area contributed by atoms with Crippen LogP contribution in [0.2, 0.25) is 0 Å². The van der Waals surface area contributed by atoms with Crippen LogP contribution in [0.15, 0.2) is 18.2 Å². The van der Waals surface area contributed by atoms with Crippen LogP contribution in [0.4, 0.5) is 0 Å². The van der Waals surface area contributed by atoms with Gasteiger partial charge in [0.2, 0.25) is 0 Å². The molecule has 0 saturated heterocycles. The molecule has 0 unspecified atom stereocenters. The van der Waals surface area contributed by atoms with Gasteiger partial charge < -0.3 is 4.74 Å². The highest BCUT2D eigenvalue weighted by Gasteiger charge is 2.05. The monoisotopic (exact) mass is 212 g/mol. The Morgan fingerprint density at radius 1 is 1.36 bits per heavy atom. The first-order valence-corrected chi connectivity index (χ1v) is 5.45. The lowest BCUT2D eigenvalue weighted by Gasteiger charge is -2.11. The summed E-state index contributed by atoms with van der Waals surface area (Å²) < 4.78 is 5.27. The average Bonchev–Trinajstić information content (AvgIpc) is 2.18. The van der Waals surface area contributed by atoms with Crippen LogP contribution in [0.3, 0.4) is 0 Å². The van der Waals surface area contributed by atoms with Crippen molar-refractivity contribution in [2.45, 2.75) is 26.2 Å². The number of rotatable bonds is 4. The Kier molecular flexibility index (Phi) is 4.27. The highest BCUT2D eigenvalue weighted by atomic mass is 35.5. The van der Waals surface area contributed by atoms with E-state index in [9.17, 15) is 0 Å². The highest BCUT2D eigenvalue weighted by molar-refractivity contribution is 6.18. The summed E-state index contributed by atoms with van der Waals surface area (Å²) in [4.78, 5) is 0. The standard InChI is InChI=1S/C12H17ClO/c1-9(2)10-4-5-12(14-3)11(8-10)6-7-13/h4-5,8-9H,6-7H2,1-3H3. The zero-order chi connectivity index (χ0) is 10.6. The normalized spacial score (nSPS) is 10.6. The number of benzene rings is 1. The van der Waals surface area contributed by atoms with Gasteiger partial charge in [-0.05, 0) is 29.5 Å². The van der Waals surface area contributed by atoms with Crippen LogP contribution < -0.4 is 4.74 Å². The number of aryl methyl sites for hydroxylation is 1. The molecule has 1 aromatic rings. The maximum Gasteiger partial charge on any atom is 0.122 e. The van der Waals surface area contributed by atoms with E-state index in [4.69, 9.17) is 16.3 Å². The van der Waals surface area contributed by atoms with Crippen molar-refractivity contribution in [1.82, 2.24) is 0 Å². The molecular weight excluding hydrogens is 196 g/mol. The zero-order valence-corrected chi connectivity index (χ0v) is 9.77. The summed E-state index contributed by atoms with van der Waals surface area (Å²) in [6.07, 6.45) is 0.866. The zero-order valence-electron chi connectivity index (χ0n) is 9.01. The lowest BCUT2D eigenvalue weighted by Crippen LogP contribution is -1.96.